The van der Waals surface area contributed by atoms with Crippen molar-refractivity contribution in [2.24, 2.45) is 11.3 Å². The zero-order valence-corrected chi connectivity index (χ0v) is 13.1. The lowest BCUT2D eigenvalue weighted by atomic mass is 9.62. The first kappa shape index (κ1) is 18.9. The normalized spacial score (nSPS) is 36.9. The Morgan fingerprint density at radius 2 is 1.77 bits per heavy atom. The first-order valence-electron chi connectivity index (χ1n) is 7.57. The number of aliphatic hydroxyl groups excluding tert-OH is 1. The van der Waals surface area contributed by atoms with Gasteiger partial charge in [0.25, 0.3) is 0 Å². The topological polar surface area (TPSA) is 124 Å². The fourth-order valence-corrected chi connectivity index (χ4v) is 3.63. The summed E-state index contributed by atoms with van der Waals surface area (Å²) in [7, 11) is 0. The van der Waals surface area contributed by atoms with Crippen molar-refractivity contribution in [1.82, 2.24) is 0 Å². The van der Waals surface area contributed by atoms with E-state index in [-0.39, 0.29) is 18.1 Å². The highest BCUT2D eigenvalue weighted by Gasteiger charge is 2.57. The van der Waals surface area contributed by atoms with Crippen molar-refractivity contribution in [1.29, 1.82) is 0 Å². The van der Waals surface area contributed by atoms with Crippen molar-refractivity contribution in [2.75, 3.05) is 13.2 Å². The fourth-order valence-electron chi connectivity index (χ4n) is 3.63. The summed E-state index contributed by atoms with van der Waals surface area (Å²) in [6, 6.07) is 0. The Kier molecular flexibility index (Phi) is 6.34. The van der Waals surface area contributed by atoms with Crippen LogP contribution in [0.1, 0.15) is 46.0 Å². The summed E-state index contributed by atoms with van der Waals surface area (Å²) in [6.07, 6.45) is 4.97. The van der Waals surface area contributed by atoms with Crippen molar-refractivity contribution in [3.63, 3.8) is 0 Å². The second-order valence-electron chi connectivity index (χ2n) is 6.46. The molecule has 0 aromatic rings. The van der Waals surface area contributed by atoms with E-state index in [1.807, 2.05) is 0 Å². The molecule has 22 heavy (non-hydrogen) atoms. The third-order valence-corrected chi connectivity index (χ3v) is 5.32. The maximum Gasteiger partial charge on any atom is 0.414 e. The van der Waals surface area contributed by atoms with Gasteiger partial charge in [-0.1, -0.05) is 13.8 Å². The van der Waals surface area contributed by atoms with Gasteiger partial charge in [0, 0.05) is 6.42 Å². The Balaban J connectivity index is 0.000000346. The number of aliphatic carboxylic acids is 2. The van der Waals surface area contributed by atoms with Gasteiger partial charge in [-0.25, -0.2) is 9.59 Å². The number of hydrogen-bond acceptors (Lipinski definition) is 5. The lowest BCUT2D eigenvalue weighted by Crippen LogP contribution is -2.51. The minimum Gasteiger partial charge on any atom is -0.473 e. The van der Waals surface area contributed by atoms with E-state index in [2.05, 4.69) is 13.8 Å². The monoisotopic (exact) mass is 318 g/mol. The van der Waals surface area contributed by atoms with Crippen LogP contribution in [-0.4, -0.2) is 57.3 Å². The number of fused-ring (bicyclic) bond motifs is 1. The van der Waals surface area contributed by atoms with Gasteiger partial charge in [-0.15, -0.1) is 0 Å². The molecule has 0 heterocycles. The van der Waals surface area contributed by atoms with E-state index in [9.17, 15) is 5.11 Å². The van der Waals surface area contributed by atoms with Gasteiger partial charge in [-0.2, -0.15) is 0 Å². The number of hydrogen-bond donors (Lipinski definition) is 4. The molecule has 0 bridgehead atoms. The zero-order chi connectivity index (χ0) is 17.0. The highest BCUT2D eigenvalue weighted by Crippen LogP contribution is 2.58. The average Bonchev–Trinajstić information content (AvgIpc) is 2.69. The molecule has 4 atom stereocenters. The van der Waals surface area contributed by atoms with Crippen LogP contribution < -0.4 is 0 Å². The minimum atomic E-state index is -1.82. The molecule has 2 aliphatic rings. The van der Waals surface area contributed by atoms with Gasteiger partial charge < -0.3 is 25.2 Å². The third kappa shape index (κ3) is 3.97. The van der Waals surface area contributed by atoms with Crippen LogP contribution >= 0.6 is 0 Å². The summed E-state index contributed by atoms with van der Waals surface area (Å²) in [5.41, 5.74) is -0.461. The highest BCUT2D eigenvalue weighted by atomic mass is 16.5. The van der Waals surface area contributed by atoms with E-state index < -0.39 is 17.5 Å². The van der Waals surface area contributed by atoms with Crippen LogP contribution in [0.5, 0.6) is 0 Å². The van der Waals surface area contributed by atoms with Crippen LogP contribution in [0.2, 0.25) is 0 Å². The first-order chi connectivity index (χ1) is 10.2. The number of rotatable bonds is 3. The van der Waals surface area contributed by atoms with E-state index in [4.69, 9.17) is 29.6 Å². The fraction of sp³-hybridized carbons (Fsp3) is 0.867. The molecule has 0 aromatic heterocycles. The van der Waals surface area contributed by atoms with Crippen LogP contribution in [0.3, 0.4) is 0 Å². The van der Waals surface area contributed by atoms with E-state index in [0.29, 0.717) is 12.5 Å². The molecule has 0 amide bonds. The molecule has 2 fully saturated rings. The Hall–Kier alpha value is -1.18. The van der Waals surface area contributed by atoms with E-state index in [1.54, 1.807) is 0 Å². The number of carboxylic acid groups (broad SMARTS) is 2. The maximum absolute atomic E-state index is 10.8. The van der Waals surface area contributed by atoms with Gasteiger partial charge in [0.2, 0.25) is 0 Å². The molecule has 0 aromatic carbocycles. The molecule has 4 N–H and O–H groups in total. The molecule has 0 spiro atoms. The summed E-state index contributed by atoms with van der Waals surface area (Å²) in [4.78, 5) is 18.2. The van der Waals surface area contributed by atoms with Crippen molar-refractivity contribution in [2.45, 2.75) is 57.7 Å². The Bertz CT molecular complexity index is 399. The standard InChI is InChI=1S/C13H24O3.C2H2O4/c1-10-3-6-13(15)9-11(16-8-7-14)4-5-12(10,13)2;3-1(4)2(5)6/h10-11,14-15H,3-9H2,1-2H3;(H,3,4)(H,5,6). The quantitative estimate of drug-likeness (QED) is 0.569. The second-order valence-corrected chi connectivity index (χ2v) is 6.46. The molecule has 128 valence electrons. The minimum absolute atomic E-state index is 0.0720. The molecule has 2 saturated carbocycles. The number of ether oxygens (including phenoxy) is 1. The Morgan fingerprint density at radius 1 is 1.18 bits per heavy atom. The first-order valence-corrected chi connectivity index (χ1v) is 7.57. The van der Waals surface area contributed by atoms with E-state index in [1.165, 1.54) is 0 Å². The Labute approximate surface area is 129 Å². The largest absolute Gasteiger partial charge is 0.473 e. The van der Waals surface area contributed by atoms with Gasteiger partial charge in [-0.05, 0) is 37.0 Å². The van der Waals surface area contributed by atoms with Crippen LogP contribution in [0.4, 0.5) is 0 Å². The molecule has 0 radical (unpaired) electrons. The van der Waals surface area contributed by atoms with Crippen molar-refractivity contribution in [3.05, 3.63) is 0 Å². The van der Waals surface area contributed by atoms with Crippen LogP contribution in [0, 0.1) is 11.3 Å². The molecule has 0 aliphatic heterocycles. The van der Waals surface area contributed by atoms with Crippen molar-refractivity contribution in [3.8, 4) is 0 Å². The molecule has 7 heteroatoms. The van der Waals surface area contributed by atoms with Gasteiger partial charge in [-0.3, -0.25) is 0 Å². The average molecular weight is 318 g/mol. The molecular formula is C15H26O7. The maximum atomic E-state index is 10.8. The molecule has 2 rings (SSSR count). The van der Waals surface area contributed by atoms with E-state index >= 15 is 0 Å². The van der Waals surface area contributed by atoms with Crippen LogP contribution in [-0.2, 0) is 14.3 Å². The summed E-state index contributed by atoms with van der Waals surface area (Å²) in [5, 5.41) is 34.3. The van der Waals surface area contributed by atoms with E-state index in [0.717, 1.165) is 32.1 Å². The lowest BCUT2D eigenvalue weighted by Gasteiger charge is -2.48. The SMILES string of the molecule is CC1CCC2(O)CC(OCCO)CCC12C.O=C(O)C(=O)O. The zero-order valence-electron chi connectivity index (χ0n) is 13.1. The highest BCUT2D eigenvalue weighted by molar-refractivity contribution is 6.27. The van der Waals surface area contributed by atoms with Crippen molar-refractivity contribution >= 4 is 11.9 Å². The van der Waals surface area contributed by atoms with Crippen LogP contribution in [0.15, 0.2) is 0 Å². The molecule has 2 aliphatic carbocycles. The van der Waals surface area contributed by atoms with Gasteiger partial charge in [0.15, 0.2) is 0 Å². The molecule has 4 unspecified atom stereocenters. The van der Waals surface area contributed by atoms with Gasteiger partial charge in [0.05, 0.1) is 24.9 Å². The predicted octanol–water partition coefficient (Wildman–Crippen LogP) is 0.871. The summed E-state index contributed by atoms with van der Waals surface area (Å²) in [6.45, 7) is 4.95. The van der Waals surface area contributed by atoms with Crippen molar-refractivity contribution < 1.29 is 34.8 Å². The summed E-state index contributed by atoms with van der Waals surface area (Å²) < 4.78 is 5.58. The Morgan fingerprint density at radius 3 is 2.27 bits per heavy atom. The summed E-state index contributed by atoms with van der Waals surface area (Å²) in [5.74, 6) is -3.04. The molecule has 7 nitrogen and oxygen atoms in total. The number of aliphatic hydroxyl groups is 2. The van der Waals surface area contributed by atoms with Crippen LogP contribution in [0.25, 0.3) is 0 Å². The number of carboxylic acids is 2. The number of carbonyl (C=O) groups is 2. The smallest absolute Gasteiger partial charge is 0.414 e. The second kappa shape index (κ2) is 7.39. The predicted molar refractivity (Wildman–Crippen MR) is 77.4 cm³/mol. The lowest BCUT2D eigenvalue weighted by molar-refractivity contribution is -0.159. The van der Waals surface area contributed by atoms with Gasteiger partial charge in [0.1, 0.15) is 0 Å². The molecular weight excluding hydrogens is 292 g/mol. The molecule has 0 saturated heterocycles. The summed E-state index contributed by atoms with van der Waals surface area (Å²) >= 11 is 0. The van der Waals surface area contributed by atoms with Gasteiger partial charge >= 0.3 is 11.9 Å². The third-order valence-electron chi connectivity index (χ3n) is 5.32.